The summed E-state index contributed by atoms with van der Waals surface area (Å²) in [6.07, 6.45) is 0.443. The van der Waals surface area contributed by atoms with Crippen LogP contribution in [0.1, 0.15) is 45.6 Å². The normalized spacial score (nSPS) is 11.8. The van der Waals surface area contributed by atoms with Gasteiger partial charge in [0.15, 0.2) is 0 Å². The van der Waals surface area contributed by atoms with Crippen LogP contribution in [0.3, 0.4) is 0 Å². The number of esters is 2. The SMILES string of the molecule is CCC(OC(=O)CCC(=O)OCc1cccc([N+](=O)[O-])c1)C(C)C. The molecular formula is C17H23NO6. The van der Waals surface area contributed by atoms with Gasteiger partial charge in [-0.05, 0) is 17.9 Å². The second-order valence-corrected chi connectivity index (χ2v) is 5.77. The lowest BCUT2D eigenvalue weighted by Gasteiger charge is -2.19. The van der Waals surface area contributed by atoms with Crippen LogP contribution in [0.4, 0.5) is 5.69 Å². The van der Waals surface area contributed by atoms with Gasteiger partial charge >= 0.3 is 11.9 Å². The zero-order valence-electron chi connectivity index (χ0n) is 14.2. The van der Waals surface area contributed by atoms with Gasteiger partial charge in [-0.15, -0.1) is 0 Å². The molecular weight excluding hydrogens is 314 g/mol. The highest BCUT2D eigenvalue weighted by atomic mass is 16.6. The maximum atomic E-state index is 11.7. The second kappa shape index (κ2) is 9.64. The molecule has 0 spiro atoms. The molecule has 0 aromatic heterocycles. The van der Waals surface area contributed by atoms with Gasteiger partial charge in [0.2, 0.25) is 0 Å². The number of rotatable bonds is 9. The zero-order chi connectivity index (χ0) is 18.1. The van der Waals surface area contributed by atoms with Crippen LogP contribution in [-0.4, -0.2) is 23.0 Å². The van der Waals surface area contributed by atoms with E-state index in [1.807, 2.05) is 20.8 Å². The van der Waals surface area contributed by atoms with Gasteiger partial charge in [-0.2, -0.15) is 0 Å². The van der Waals surface area contributed by atoms with Gasteiger partial charge in [-0.1, -0.05) is 32.9 Å². The first kappa shape index (κ1) is 19.6. The molecule has 1 aromatic carbocycles. The Hall–Kier alpha value is -2.44. The van der Waals surface area contributed by atoms with E-state index in [1.54, 1.807) is 6.07 Å². The summed E-state index contributed by atoms with van der Waals surface area (Å²) >= 11 is 0. The average Bonchev–Trinajstić information content (AvgIpc) is 2.55. The maximum absolute atomic E-state index is 11.7. The summed E-state index contributed by atoms with van der Waals surface area (Å²) in [4.78, 5) is 33.5. The molecule has 1 rings (SSSR count). The third-order valence-electron chi connectivity index (χ3n) is 3.48. The van der Waals surface area contributed by atoms with E-state index in [9.17, 15) is 19.7 Å². The molecule has 0 N–H and O–H groups in total. The Morgan fingerprint density at radius 3 is 2.46 bits per heavy atom. The number of ether oxygens (including phenoxy) is 2. The Labute approximate surface area is 141 Å². The Morgan fingerprint density at radius 1 is 1.21 bits per heavy atom. The first-order valence-electron chi connectivity index (χ1n) is 7.92. The standard InChI is InChI=1S/C17H23NO6/c1-4-15(12(2)3)24-17(20)9-8-16(19)23-11-13-6-5-7-14(10-13)18(21)22/h5-7,10,12,15H,4,8-9,11H2,1-3H3. The van der Waals surface area contributed by atoms with E-state index < -0.39 is 16.9 Å². The molecule has 1 unspecified atom stereocenters. The fourth-order valence-corrected chi connectivity index (χ4v) is 2.12. The number of nitrogens with zero attached hydrogens (tertiary/aromatic N) is 1. The van der Waals surface area contributed by atoms with Crippen LogP contribution in [0.15, 0.2) is 24.3 Å². The predicted molar refractivity (Wildman–Crippen MR) is 87.1 cm³/mol. The van der Waals surface area contributed by atoms with E-state index in [2.05, 4.69) is 0 Å². The summed E-state index contributed by atoms with van der Waals surface area (Å²) in [5.41, 5.74) is 0.456. The van der Waals surface area contributed by atoms with E-state index in [0.717, 1.165) is 6.42 Å². The molecule has 0 saturated carbocycles. The minimum Gasteiger partial charge on any atom is -0.462 e. The number of non-ortho nitro benzene ring substituents is 1. The molecule has 132 valence electrons. The van der Waals surface area contributed by atoms with Gasteiger partial charge in [0, 0.05) is 12.1 Å². The summed E-state index contributed by atoms with van der Waals surface area (Å²) in [6, 6.07) is 5.86. The number of nitro groups is 1. The van der Waals surface area contributed by atoms with Crippen molar-refractivity contribution >= 4 is 17.6 Å². The fourth-order valence-electron chi connectivity index (χ4n) is 2.12. The molecule has 1 atom stereocenters. The Balaban J connectivity index is 2.38. The lowest BCUT2D eigenvalue weighted by molar-refractivity contribution is -0.384. The zero-order valence-corrected chi connectivity index (χ0v) is 14.2. The molecule has 0 aliphatic carbocycles. The molecule has 0 aliphatic heterocycles. The Bertz CT molecular complexity index is 584. The van der Waals surface area contributed by atoms with Crippen LogP contribution in [0.5, 0.6) is 0 Å². The van der Waals surface area contributed by atoms with Crippen molar-refractivity contribution in [2.24, 2.45) is 5.92 Å². The van der Waals surface area contributed by atoms with Crippen molar-refractivity contribution in [3.63, 3.8) is 0 Å². The van der Waals surface area contributed by atoms with Crippen LogP contribution in [-0.2, 0) is 25.7 Å². The molecule has 0 aliphatic rings. The fraction of sp³-hybridized carbons (Fsp3) is 0.529. The first-order chi connectivity index (χ1) is 11.3. The maximum Gasteiger partial charge on any atom is 0.306 e. The second-order valence-electron chi connectivity index (χ2n) is 5.77. The molecule has 0 saturated heterocycles. The van der Waals surface area contributed by atoms with E-state index in [4.69, 9.17) is 9.47 Å². The van der Waals surface area contributed by atoms with Gasteiger partial charge in [0.05, 0.1) is 17.8 Å². The van der Waals surface area contributed by atoms with Crippen molar-refractivity contribution in [1.29, 1.82) is 0 Å². The monoisotopic (exact) mass is 337 g/mol. The van der Waals surface area contributed by atoms with Crippen LogP contribution in [0, 0.1) is 16.0 Å². The van der Waals surface area contributed by atoms with Crippen molar-refractivity contribution < 1.29 is 24.0 Å². The lowest BCUT2D eigenvalue weighted by Crippen LogP contribution is -2.23. The number of hydrogen-bond donors (Lipinski definition) is 0. The highest BCUT2D eigenvalue weighted by molar-refractivity contribution is 5.77. The van der Waals surface area contributed by atoms with Gasteiger partial charge in [-0.25, -0.2) is 0 Å². The molecule has 24 heavy (non-hydrogen) atoms. The predicted octanol–water partition coefficient (Wildman–Crippen LogP) is 3.40. The molecule has 1 aromatic rings. The quantitative estimate of drug-likeness (QED) is 0.389. The van der Waals surface area contributed by atoms with E-state index in [1.165, 1.54) is 18.2 Å². The minimum absolute atomic E-state index is 0.0447. The van der Waals surface area contributed by atoms with Crippen molar-refractivity contribution in [3.05, 3.63) is 39.9 Å². The van der Waals surface area contributed by atoms with Crippen molar-refractivity contribution in [1.82, 2.24) is 0 Å². The Kier molecular flexibility index (Phi) is 7.88. The molecule has 0 amide bonds. The van der Waals surface area contributed by atoms with Gasteiger partial charge in [0.25, 0.3) is 5.69 Å². The summed E-state index contributed by atoms with van der Waals surface area (Å²) in [7, 11) is 0. The van der Waals surface area contributed by atoms with Crippen molar-refractivity contribution in [3.8, 4) is 0 Å². The summed E-state index contributed by atoms with van der Waals surface area (Å²) in [6.45, 7) is 5.80. The molecule has 0 bridgehead atoms. The van der Waals surface area contributed by atoms with E-state index >= 15 is 0 Å². The number of hydrogen-bond acceptors (Lipinski definition) is 6. The van der Waals surface area contributed by atoms with Crippen LogP contribution >= 0.6 is 0 Å². The third-order valence-corrected chi connectivity index (χ3v) is 3.48. The number of carbonyl (C=O) groups excluding carboxylic acids is 2. The van der Waals surface area contributed by atoms with E-state index in [0.29, 0.717) is 5.56 Å². The third kappa shape index (κ3) is 6.76. The van der Waals surface area contributed by atoms with Crippen LogP contribution in [0.25, 0.3) is 0 Å². The number of carbonyl (C=O) groups is 2. The number of nitro benzene ring substituents is 1. The highest BCUT2D eigenvalue weighted by Crippen LogP contribution is 2.15. The smallest absolute Gasteiger partial charge is 0.306 e. The van der Waals surface area contributed by atoms with Crippen molar-refractivity contribution in [2.45, 2.75) is 52.7 Å². The number of benzene rings is 1. The van der Waals surface area contributed by atoms with Crippen molar-refractivity contribution in [2.75, 3.05) is 0 Å². The van der Waals surface area contributed by atoms with Gasteiger partial charge in [0.1, 0.15) is 12.7 Å². The molecule has 0 fully saturated rings. The minimum atomic E-state index is -0.545. The van der Waals surface area contributed by atoms with Crippen LogP contribution in [0.2, 0.25) is 0 Å². The topological polar surface area (TPSA) is 95.7 Å². The van der Waals surface area contributed by atoms with Crippen LogP contribution < -0.4 is 0 Å². The first-order valence-corrected chi connectivity index (χ1v) is 7.92. The average molecular weight is 337 g/mol. The summed E-state index contributed by atoms with van der Waals surface area (Å²) in [5, 5.41) is 10.7. The molecule has 0 radical (unpaired) electrons. The van der Waals surface area contributed by atoms with Gasteiger partial charge in [-0.3, -0.25) is 19.7 Å². The van der Waals surface area contributed by atoms with E-state index in [-0.39, 0.29) is 37.2 Å². The molecule has 7 heteroatoms. The summed E-state index contributed by atoms with van der Waals surface area (Å²) in [5.74, 6) is -0.751. The molecule has 0 heterocycles. The summed E-state index contributed by atoms with van der Waals surface area (Å²) < 4.78 is 10.3. The lowest BCUT2D eigenvalue weighted by atomic mass is 10.1. The highest BCUT2D eigenvalue weighted by Gasteiger charge is 2.17. The molecule has 7 nitrogen and oxygen atoms in total. The Morgan fingerprint density at radius 2 is 1.88 bits per heavy atom. The largest absolute Gasteiger partial charge is 0.462 e. The van der Waals surface area contributed by atoms with Gasteiger partial charge < -0.3 is 9.47 Å².